The van der Waals surface area contributed by atoms with Crippen LogP contribution in [0.4, 0.5) is 11.5 Å². The minimum atomic E-state index is -0.674. The topological polar surface area (TPSA) is 88.2 Å². The van der Waals surface area contributed by atoms with Crippen LogP contribution in [0.3, 0.4) is 0 Å². The highest BCUT2D eigenvalue weighted by atomic mass is 16.4. The summed E-state index contributed by atoms with van der Waals surface area (Å²) < 4.78 is 0. The van der Waals surface area contributed by atoms with E-state index in [1.165, 1.54) is 5.56 Å². The van der Waals surface area contributed by atoms with Gasteiger partial charge in [-0.1, -0.05) is 36.4 Å². The van der Waals surface area contributed by atoms with Gasteiger partial charge >= 0.3 is 5.97 Å². The molecule has 1 heterocycles. The first-order valence-electron chi connectivity index (χ1n) is 10.9. The molecule has 1 saturated carbocycles. The van der Waals surface area contributed by atoms with Crippen LogP contribution in [0.2, 0.25) is 0 Å². The largest absolute Gasteiger partial charge is 0.481 e. The zero-order valence-corrected chi connectivity index (χ0v) is 17.6. The molecule has 5 heteroatoms. The summed E-state index contributed by atoms with van der Waals surface area (Å²) in [4.78, 5) is 15.5. The van der Waals surface area contributed by atoms with Crippen LogP contribution < -0.4 is 11.1 Å². The van der Waals surface area contributed by atoms with Crippen molar-refractivity contribution >= 4 is 17.5 Å². The number of rotatable bonds is 7. The summed E-state index contributed by atoms with van der Waals surface area (Å²) >= 11 is 0. The Kier molecular flexibility index (Phi) is 6.63. The standard InChI is InChI=1S/C26H29N3O2/c27-16-19-2-1-3-24(14-19)29-25-13-12-23(17-28-25)22-10-8-21(9-11-22)20-6-4-18(5-7-20)15-26(30)31/h1-3,8-14,17-18,20H,4-7,15-16,27H2,(H,28,29)(H,30,31). The number of carboxylic acids is 1. The van der Waals surface area contributed by atoms with Gasteiger partial charge < -0.3 is 16.2 Å². The number of aliphatic carboxylic acids is 1. The normalized spacial score (nSPS) is 18.5. The zero-order chi connectivity index (χ0) is 21.6. The third-order valence-electron chi connectivity index (χ3n) is 6.22. The summed E-state index contributed by atoms with van der Waals surface area (Å²) in [5.74, 6) is 0.997. The highest BCUT2D eigenvalue weighted by Gasteiger charge is 2.23. The van der Waals surface area contributed by atoms with Crippen molar-refractivity contribution in [2.75, 3.05) is 5.32 Å². The number of pyridine rings is 1. The average molecular weight is 416 g/mol. The van der Waals surface area contributed by atoms with Crippen LogP contribution in [-0.2, 0) is 11.3 Å². The van der Waals surface area contributed by atoms with Crippen LogP contribution in [-0.4, -0.2) is 16.1 Å². The number of nitrogens with one attached hydrogen (secondary N) is 1. The molecule has 1 aliphatic rings. The lowest BCUT2D eigenvalue weighted by atomic mass is 9.77. The summed E-state index contributed by atoms with van der Waals surface area (Å²) in [6.45, 7) is 0.516. The molecule has 0 atom stereocenters. The molecular weight excluding hydrogens is 386 g/mol. The molecule has 0 radical (unpaired) electrons. The number of aromatic nitrogens is 1. The number of carbonyl (C=O) groups is 1. The molecule has 1 aromatic heterocycles. The molecule has 0 aliphatic heterocycles. The number of nitrogens with two attached hydrogens (primary N) is 1. The summed E-state index contributed by atoms with van der Waals surface area (Å²) in [6, 6.07) is 20.8. The fourth-order valence-corrected chi connectivity index (χ4v) is 4.46. The molecule has 0 bridgehead atoms. The zero-order valence-electron chi connectivity index (χ0n) is 17.6. The molecule has 4 N–H and O–H groups in total. The van der Waals surface area contributed by atoms with Crippen LogP contribution in [0, 0.1) is 5.92 Å². The van der Waals surface area contributed by atoms with E-state index in [0.717, 1.165) is 53.9 Å². The molecule has 5 nitrogen and oxygen atoms in total. The average Bonchev–Trinajstić information content (AvgIpc) is 2.80. The number of benzene rings is 2. The Labute approximate surface area is 183 Å². The third kappa shape index (κ3) is 5.50. The van der Waals surface area contributed by atoms with Crippen molar-refractivity contribution in [1.29, 1.82) is 0 Å². The minimum Gasteiger partial charge on any atom is -0.481 e. The Hall–Kier alpha value is -3.18. The fraction of sp³-hybridized carbons (Fsp3) is 0.308. The van der Waals surface area contributed by atoms with E-state index in [0.29, 0.717) is 24.8 Å². The molecular formula is C26H29N3O2. The first-order valence-corrected chi connectivity index (χ1v) is 10.9. The Balaban J connectivity index is 1.37. The summed E-state index contributed by atoms with van der Waals surface area (Å²) in [5.41, 5.74) is 11.3. The van der Waals surface area contributed by atoms with E-state index in [2.05, 4.69) is 40.6 Å². The first-order chi connectivity index (χ1) is 15.1. The number of carboxylic acid groups (broad SMARTS) is 1. The molecule has 1 aliphatic carbocycles. The first kappa shape index (κ1) is 21.1. The Morgan fingerprint density at radius 2 is 1.74 bits per heavy atom. The lowest BCUT2D eigenvalue weighted by Gasteiger charge is -2.28. The Morgan fingerprint density at radius 3 is 2.39 bits per heavy atom. The van der Waals surface area contributed by atoms with Gasteiger partial charge in [0.15, 0.2) is 0 Å². The van der Waals surface area contributed by atoms with Crippen LogP contribution in [0.15, 0.2) is 66.9 Å². The second kappa shape index (κ2) is 9.75. The van der Waals surface area contributed by atoms with Crippen LogP contribution in [0.25, 0.3) is 11.1 Å². The van der Waals surface area contributed by atoms with Gasteiger partial charge in [-0.15, -0.1) is 0 Å². The van der Waals surface area contributed by atoms with E-state index >= 15 is 0 Å². The van der Waals surface area contributed by atoms with Crippen molar-refractivity contribution < 1.29 is 9.90 Å². The SMILES string of the molecule is NCc1cccc(Nc2ccc(-c3ccc(C4CCC(CC(=O)O)CC4)cc3)cn2)c1. The fourth-order valence-electron chi connectivity index (χ4n) is 4.46. The molecule has 0 spiro atoms. The van der Waals surface area contributed by atoms with Crippen molar-refractivity contribution in [3.63, 3.8) is 0 Å². The third-order valence-corrected chi connectivity index (χ3v) is 6.22. The van der Waals surface area contributed by atoms with Crippen molar-refractivity contribution in [2.45, 2.75) is 44.6 Å². The number of anilines is 2. The lowest BCUT2D eigenvalue weighted by molar-refractivity contribution is -0.138. The van der Waals surface area contributed by atoms with Gasteiger partial charge in [-0.2, -0.15) is 0 Å². The molecule has 1 fully saturated rings. The second-order valence-corrected chi connectivity index (χ2v) is 8.40. The highest BCUT2D eigenvalue weighted by molar-refractivity contribution is 5.67. The molecule has 0 saturated heterocycles. The Morgan fingerprint density at radius 1 is 1.00 bits per heavy atom. The van der Waals surface area contributed by atoms with Crippen LogP contribution in [0.5, 0.6) is 0 Å². The summed E-state index contributed by atoms with van der Waals surface area (Å²) in [6.07, 6.45) is 6.36. The Bertz CT molecular complexity index is 1010. The smallest absolute Gasteiger partial charge is 0.303 e. The highest BCUT2D eigenvalue weighted by Crippen LogP contribution is 2.37. The molecule has 31 heavy (non-hydrogen) atoms. The lowest BCUT2D eigenvalue weighted by Crippen LogP contribution is -2.16. The molecule has 3 aromatic rings. The minimum absolute atomic E-state index is 0.308. The van der Waals surface area contributed by atoms with Crippen LogP contribution in [0.1, 0.15) is 49.1 Å². The van der Waals surface area contributed by atoms with Gasteiger partial charge in [-0.25, -0.2) is 4.98 Å². The van der Waals surface area contributed by atoms with Gasteiger partial charge in [-0.3, -0.25) is 4.79 Å². The number of nitrogens with zero attached hydrogens (tertiary/aromatic N) is 1. The number of hydrogen-bond donors (Lipinski definition) is 3. The predicted octanol–water partition coefficient (Wildman–Crippen LogP) is 5.70. The molecule has 160 valence electrons. The molecule has 4 rings (SSSR count). The van der Waals surface area contributed by atoms with E-state index in [1.807, 2.05) is 36.5 Å². The monoisotopic (exact) mass is 415 g/mol. The maximum Gasteiger partial charge on any atom is 0.303 e. The van der Waals surface area contributed by atoms with Crippen molar-refractivity contribution in [3.05, 3.63) is 78.0 Å². The van der Waals surface area contributed by atoms with Gasteiger partial charge in [0.1, 0.15) is 5.82 Å². The van der Waals surface area contributed by atoms with E-state index in [-0.39, 0.29) is 0 Å². The maximum atomic E-state index is 10.9. The van der Waals surface area contributed by atoms with Crippen LogP contribution >= 0.6 is 0 Å². The summed E-state index contributed by atoms with van der Waals surface area (Å²) in [7, 11) is 0. The van der Waals surface area contributed by atoms with E-state index < -0.39 is 5.97 Å². The van der Waals surface area contributed by atoms with E-state index in [9.17, 15) is 4.79 Å². The van der Waals surface area contributed by atoms with Gasteiger partial charge in [0.25, 0.3) is 0 Å². The van der Waals surface area contributed by atoms with Crippen molar-refractivity contribution in [2.24, 2.45) is 11.7 Å². The maximum absolute atomic E-state index is 10.9. The predicted molar refractivity (Wildman–Crippen MR) is 124 cm³/mol. The van der Waals surface area contributed by atoms with Crippen molar-refractivity contribution in [1.82, 2.24) is 4.98 Å². The molecule has 2 aromatic carbocycles. The van der Waals surface area contributed by atoms with Crippen molar-refractivity contribution in [3.8, 4) is 11.1 Å². The van der Waals surface area contributed by atoms with Gasteiger partial charge in [0.2, 0.25) is 0 Å². The number of hydrogen-bond acceptors (Lipinski definition) is 4. The van der Waals surface area contributed by atoms with E-state index in [4.69, 9.17) is 10.8 Å². The van der Waals surface area contributed by atoms with Gasteiger partial charge in [-0.05, 0) is 78.5 Å². The van der Waals surface area contributed by atoms with Gasteiger partial charge in [0.05, 0.1) is 0 Å². The van der Waals surface area contributed by atoms with E-state index in [1.54, 1.807) is 0 Å². The summed E-state index contributed by atoms with van der Waals surface area (Å²) in [5, 5.41) is 12.3. The quantitative estimate of drug-likeness (QED) is 0.461. The second-order valence-electron chi connectivity index (χ2n) is 8.40. The van der Waals surface area contributed by atoms with Gasteiger partial charge in [0, 0.05) is 30.4 Å². The molecule has 0 amide bonds. The molecule has 0 unspecified atom stereocenters.